The smallest absolute Gasteiger partial charge is 0.0869 e. The van der Waals surface area contributed by atoms with Crippen LogP contribution in [-0.2, 0) is 17.2 Å². The number of aromatic nitrogens is 2. The molecule has 0 aliphatic carbocycles. The minimum atomic E-state index is -0.447. The Morgan fingerprint density at radius 3 is 2.68 bits per heavy atom. The SMILES string of the molecule is C[C@H]1C[C@](C#N)(c2cccc(Sc3ccc(-c4ccnn4C)cc3)c2)CCO1. The third kappa shape index (κ3) is 3.71. The van der Waals surface area contributed by atoms with E-state index in [9.17, 15) is 5.26 Å². The zero-order valence-electron chi connectivity index (χ0n) is 16.1. The lowest BCUT2D eigenvalue weighted by Crippen LogP contribution is -2.36. The summed E-state index contributed by atoms with van der Waals surface area (Å²) < 4.78 is 7.55. The van der Waals surface area contributed by atoms with E-state index in [-0.39, 0.29) is 6.10 Å². The van der Waals surface area contributed by atoms with Crippen molar-refractivity contribution in [3.8, 4) is 17.3 Å². The molecular weight excluding hydrogens is 366 g/mol. The van der Waals surface area contributed by atoms with Crippen LogP contribution in [0.2, 0.25) is 0 Å². The van der Waals surface area contributed by atoms with Gasteiger partial charge in [0.15, 0.2) is 0 Å². The van der Waals surface area contributed by atoms with Crippen molar-refractivity contribution >= 4 is 11.8 Å². The van der Waals surface area contributed by atoms with E-state index < -0.39 is 5.41 Å². The molecule has 0 amide bonds. The second kappa shape index (κ2) is 7.83. The van der Waals surface area contributed by atoms with Crippen LogP contribution in [0.15, 0.2) is 70.6 Å². The van der Waals surface area contributed by atoms with Gasteiger partial charge in [-0.2, -0.15) is 10.4 Å². The van der Waals surface area contributed by atoms with Crippen molar-refractivity contribution in [1.29, 1.82) is 5.26 Å². The summed E-state index contributed by atoms with van der Waals surface area (Å²) >= 11 is 1.72. The maximum Gasteiger partial charge on any atom is 0.0869 e. The number of ether oxygens (including phenoxy) is 1. The van der Waals surface area contributed by atoms with E-state index in [1.807, 2.05) is 30.9 Å². The van der Waals surface area contributed by atoms with Crippen LogP contribution in [-0.4, -0.2) is 22.5 Å². The lowest BCUT2D eigenvalue weighted by molar-refractivity contribution is 0.00349. The van der Waals surface area contributed by atoms with E-state index in [1.165, 1.54) is 4.90 Å². The largest absolute Gasteiger partial charge is 0.378 e. The predicted molar refractivity (Wildman–Crippen MR) is 111 cm³/mol. The van der Waals surface area contributed by atoms with Crippen LogP contribution >= 0.6 is 11.8 Å². The zero-order chi connectivity index (χ0) is 19.6. The highest BCUT2D eigenvalue weighted by molar-refractivity contribution is 7.99. The molecule has 0 N–H and O–H groups in total. The maximum atomic E-state index is 9.92. The molecule has 0 unspecified atom stereocenters. The summed E-state index contributed by atoms with van der Waals surface area (Å²) in [5, 5.41) is 14.2. The fourth-order valence-corrected chi connectivity index (χ4v) is 4.74. The molecule has 0 spiro atoms. The highest BCUT2D eigenvalue weighted by atomic mass is 32.2. The summed E-state index contributed by atoms with van der Waals surface area (Å²) in [4.78, 5) is 2.33. The fraction of sp³-hybridized carbons (Fsp3) is 0.304. The van der Waals surface area contributed by atoms with Gasteiger partial charge in [0.25, 0.3) is 0 Å². The van der Waals surface area contributed by atoms with Crippen LogP contribution < -0.4 is 0 Å². The number of aryl methyl sites for hydroxylation is 1. The third-order valence-corrected chi connectivity index (χ3v) is 6.37. The van der Waals surface area contributed by atoms with Gasteiger partial charge in [0.05, 0.1) is 23.3 Å². The third-order valence-electron chi connectivity index (χ3n) is 5.37. The predicted octanol–water partition coefficient (Wildman–Crippen LogP) is 5.20. The Morgan fingerprint density at radius 2 is 2.00 bits per heavy atom. The topological polar surface area (TPSA) is 50.8 Å². The Balaban J connectivity index is 1.55. The summed E-state index contributed by atoms with van der Waals surface area (Å²) in [5.41, 5.74) is 2.90. The quantitative estimate of drug-likeness (QED) is 0.615. The van der Waals surface area contributed by atoms with Crippen LogP contribution in [0.5, 0.6) is 0 Å². The average Bonchev–Trinajstić information content (AvgIpc) is 3.14. The fourth-order valence-electron chi connectivity index (χ4n) is 3.86. The Kier molecular flexibility index (Phi) is 5.25. The highest BCUT2D eigenvalue weighted by Gasteiger charge is 2.37. The zero-order valence-corrected chi connectivity index (χ0v) is 16.9. The molecule has 1 aromatic heterocycles. The van der Waals surface area contributed by atoms with Crippen molar-refractivity contribution in [1.82, 2.24) is 9.78 Å². The number of rotatable bonds is 4. The van der Waals surface area contributed by atoms with Gasteiger partial charge in [-0.05, 0) is 61.2 Å². The van der Waals surface area contributed by atoms with Crippen molar-refractivity contribution in [2.24, 2.45) is 7.05 Å². The van der Waals surface area contributed by atoms with Crippen LogP contribution in [0.25, 0.3) is 11.3 Å². The monoisotopic (exact) mass is 389 g/mol. The minimum Gasteiger partial charge on any atom is -0.378 e. The molecule has 4 nitrogen and oxygen atoms in total. The molecule has 0 saturated carbocycles. The second-order valence-electron chi connectivity index (χ2n) is 7.32. The van der Waals surface area contributed by atoms with Crippen LogP contribution in [0, 0.1) is 11.3 Å². The first-order valence-corrected chi connectivity index (χ1v) is 10.3. The molecule has 1 saturated heterocycles. The van der Waals surface area contributed by atoms with Gasteiger partial charge in [-0.3, -0.25) is 4.68 Å². The maximum absolute atomic E-state index is 9.92. The molecule has 0 radical (unpaired) electrons. The summed E-state index contributed by atoms with van der Waals surface area (Å²) in [7, 11) is 1.95. The van der Waals surface area contributed by atoms with E-state index in [0.29, 0.717) is 6.61 Å². The Bertz CT molecular complexity index is 1010. The Labute approximate surface area is 170 Å². The summed E-state index contributed by atoms with van der Waals surface area (Å²) in [5.74, 6) is 0. The minimum absolute atomic E-state index is 0.115. The molecule has 142 valence electrons. The Hall–Kier alpha value is -2.55. The van der Waals surface area contributed by atoms with Gasteiger partial charge >= 0.3 is 0 Å². The molecule has 0 bridgehead atoms. The standard InChI is InChI=1S/C23H23N3OS/c1-17-15-23(16-24,11-13-27-17)19-4-3-5-21(14-19)28-20-8-6-18(7-9-20)22-10-12-25-26(22)2/h3-10,12,14,17H,11,13,15H2,1-2H3/t17-,23+/m0/s1. The van der Waals surface area contributed by atoms with Crippen molar-refractivity contribution < 1.29 is 4.74 Å². The number of nitriles is 1. The first-order valence-electron chi connectivity index (χ1n) is 9.49. The number of benzene rings is 2. The van der Waals surface area contributed by atoms with Gasteiger partial charge in [-0.15, -0.1) is 0 Å². The number of hydrogen-bond donors (Lipinski definition) is 0. The molecule has 2 heterocycles. The van der Waals surface area contributed by atoms with E-state index in [4.69, 9.17) is 4.74 Å². The lowest BCUT2D eigenvalue weighted by Gasteiger charge is -2.35. The molecule has 2 aromatic carbocycles. The van der Waals surface area contributed by atoms with E-state index >= 15 is 0 Å². The second-order valence-corrected chi connectivity index (χ2v) is 8.47. The van der Waals surface area contributed by atoms with Gasteiger partial charge in [0, 0.05) is 29.6 Å². The molecule has 1 aliphatic rings. The van der Waals surface area contributed by atoms with Crippen molar-refractivity contribution in [2.45, 2.75) is 41.1 Å². The molecular formula is C23H23N3OS. The molecule has 5 heteroatoms. The molecule has 4 rings (SSSR count). The first kappa shape index (κ1) is 18.8. The number of nitrogens with zero attached hydrogens (tertiary/aromatic N) is 3. The van der Waals surface area contributed by atoms with Gasteiger partial charge in [0.2, 0.25) is 0 Å². The molecule has 3 aromatic rings. The van der Waals surface area contributed by atoms with E-state index in [0.717, 1.165) is 34.6 Å². The van der Waals surface area contributed by atoms with Crippen LogP contribution in [0.1, 0.15) is 25.3 Å². The molecule has 1 fully saturated rings. The van der Waals surface area contributed by atoms with E-state index in [1.54, 1.807) is 11.8 Å². The summed E-state index contributed by atoms with van der Waals surface area (Å²) in [6.45, 7) is 2.69. The average molecular weight is 390 g/mol. The van der Waals surface area contributed by atoms with E-state index in [2.05, 4.69) is 59.7 Å². The van der Waals surface area contributed by atoms with Gasteiger partial charge in [-0.1, -0.05) is 36.0 Å². The van der Waals surface area contributed by atoms with Crippen LogP contribution in [0.3, 0.4) is 0 Å². The van der Waals surface area contributed by atoms with Crippen LogP contribution in [0.4, 0.5) is 0 Å². The molecule has 1 aliphatic heterocycles. The van der Waals surface area contributed by atoms with Crippen molar-refractivity contribution in [2.75, 3.05) is 6.61 Å². The van der Waals surface area contributed by atoms with Crippen molar-refractivity contribution in [3.05, 3.63) is 66.4 Å². The summed E-state index contributed by atoms with van der Waals surface area (Å²) in [6.07, 6.45) is 3.42. The highest BCUT2D eigenvalue weighted by Crippen LogP contribution is 2.39. The number of hydrogen-bond acceptors (Lipinski definition) is 4. The molecule has 2 atom stereocenters. The Morgan fingerprint density at radius 1 is 1.18 bits per heavy atom. The van der Waals surface area contributed by atoms with Crippen molar-refractivity contribution in [3.63, 3.8) is 0 Å². The van der Waals surface area contributed by atoms with Gasteiger partial charge in [0.1, 0.15) is 0 Å². The van der Waals surface area contributed by atoms with Gasteiger partial charge in [-0.25, -0.2) is 0 Å². The lowest BCUT2D eigenvalue weighted by atomic mass is 9.74. The first-order chi connectivity index (χ1) is 13.6. The normalized spacial score (nSPS) is 22.0. The summed E-state index contributed by atoms with van der Waals surface area (Å²) in [6, 6.07) is 21.5. The van der Waals surface area contributed by atoms with Gasteiger partial charge < -0.3 is 4.74 Å². The molecule has 28 heavy (non-hydrogen) atoms.